The van der Waals surface area contributed by atoms with E-state index in [-0.39, 0.29) is 4.91 Å². The number of rotatable bonds is 2. The highest BCUT2D eigenvalue weighted by atomic mass is 32.2. The lowest BCUT2D eigenvalue weighted by atomic mass is 10.2. The summed E-state index contributed by atoms with van der Waals surface area (Å²) < 4.78 is 0. The monoisotopic (exact) mass is 291 g/mol. The predicted molar refractivity (Wildman–Crippen MR) is 71.3 cm³/mol. The molecule has 1 fully saturated rings. The molecule has 2 rings (SSSR count). The third-order valence-corrected chi connectivity index (χ3v) is 3.05. The van der Waals surface area contributed by atoms with E-state index in [1.807, 2.05) is 5.32 Å². The van der Waals surface area contributed by atoms with E-state index in [1.165, 1.54) is 0 Å². The van der Waals surface area contributed by atoms with Crippen LogP contribution in [0.5, 0.6) is 0 Å². The predicted octanol–water partition coefficient (Wildman–Crippen LogP) is 0.314. The Morgan fingerprint density at radius 2 is 1.80 bits per heavy atom. The van der Waals surface area contributed by atoms with Crippen LogP contribution in [0.1, 0.15) is 10.4 Å². The second-order valence-corrected chi connectivity index (χ2v) is 4.68. The van der Waals surface area contributed by atoms with Crippen LogP contribution in [-0.4, -0.2) is 23.0 Å². The van der Waals surface area contributed by atoms with E-state index in [0.717, 1.165) is 6.08 Å². The Labute approximate surface area is 117 Å². The maximum absolute atomic E-state index is 11.6. The van der Waals surface area contributed by atoms with Crippen molar-refractivity contribution in [2.75, 3.05) is 0 Å². The fourth-order valence-electron chi connectivity index (χ4n) is 1.36. The van der Waals surface area contributed by atoms with Gasteiger partial charge in [-0.3, -0.25) is 35.3 Å². The highest BCUT2D eigenvalue weighted by Crippen LogP contribution is 2.22. The molecule has 102 valence electrons. The van der Waals surface area contributed by atoms with Gasteiger partial charge in [0.15, 0.2) is 0 Å². The number of amides is 4. The highest BCUT2D eigenvalue weighted by molar-refractivity contribution is 8.18. The molecule has 0 bridgehead atoms. The van der Waals surface area contributed by atoms with Crippen molar-refractivity contribution in [3.63, 3.8) is 0 Å². The van der Waals surface area contributed by atoms with Gasteiger partial charge in [-0.25, -0.2) is 0 Å². The van der Waals surface area contributed by atoms with Crippen LogP contribution in [0.4, 0.5) is 4.79 Å². The van der Waals surface area contributed by atoms with E-state index < -0.39 is 23.0 Å². The summed E-state index contributed by atoms with van der Waals surface area (Å²) in [5.41, 5.74) is 4.69. The number of nitrogens with one attached hydrogen (secondary N) is 3. The number of hydrogen-bond acceptors (Lipinski definition) is 5. The van der Waals surface area contributed by atoms with Crippen molar-refractivity contribution in [3.05, 3.63) is 46.9 Å². The van der Waals surface area contributed by atoms with Gasteiger partial charge in [0.1, 0.15) is 0 Å². The summed E-state index contributed by atoms with van der Waals surface area (Å²) in [6.45, 7) is 0. The molecule has 1 aromatic rings. The molecule has 20 heavy (non-hydrogen) atoms. The molecule has 1 saturated heterocycles. The van der Waals surface area contributed by atoms with Gasteiger partial charge in [-0.2, -0.15) is 0 Å². The largest absolute Gasteiger partial charge is 0.290 e. The molecule has 7 nitrogen and oxygen atoms in total. The Balaban J connectivity index is 1.90. The zero-order chi connectivity index (χ0) is 14.5. The first-order valence-electron chi connectivity index (χ1n) is 5.46. The second kappa shape index (κ2) is 6.02. The van der Waals surface area contributed by atoms with E-state index in [1.54, 1.807) is 30.3 Å². The summed E-state index contributed by atoms with van der Waals surface area (Å²) >= 11 is 0.621. The van der Waals surface area contributed by atoms with Gasteiger partial charge in [0.2, 0.25) is 0 Å². The molecule has 1 heterocycles. The molecule has 0 aromatic heterocycles. The van der Waals surface area contributed by atoms with Crippen LogP contribution in [0.3, 0.4) is 0 Å². The molecule has 0 spiro atoms. The molecule has 1 aliphatic rings. The maximum Gasteiger partial charge on any atom is 0.290 e. The van der Waals surface area contributed by atoms with Crippen LogP contribution in [0, 0.1) is 0 Å². The molecule has 3 N–H and O–H groups in total. The van der Waals surface area contributed by atoms with Crippen molar-refractivity contribution in [3.8, 4) is 0 Å². The van der Waals surface area contributed by atoms with Gasteiger partial charge in [-0.15, -0.1) is 0 Å². The van der Waals surface area contributed by atoms with Gasteiger partial charge >= 0.3 is 0 Å². The minimum absolute atomic E-state index is 0.0264. The van der Waals surface area contributed by atoms with Crippen molar-refractivity contribution in [2.24, 2.45) is 0 Å². The lowest BCUT2D eigenvalue weighted by Crippen LogP contribution is -2.41. The number of carbonyl (C=O) groups excluding carboxylic acids is 4. The molecule has 4 amide bonds. The number of benzene rings is 1. The van der Waals surface area contributed by atoms with E-state index in [0.29, 0.717) is 17.3 Å². The SMILES string of the molecule is O=C(/C=C1\SC(=O)NC1=O)NNC(=O)c1ccccc1. The fraction of sp³-hybridized carbons (Fsp3) is 0. The topological polar surface area (TPSA) is 104 Å². The lowest BCUT2D eigenvalue weighted by molar-refractivity contribution is -0.118. The summed E-state index contributed by atoms with van der Waals surface area (Å²) in [6.07, 6.45) is 0.941. The van der Waals surface area contributed by atoms with Crippen LogP contribution >= 0.6 is 11.8 Å². The van der Waals surface area contributed by atoms with Crippen LogP contribution in [0.2, 0.25) is 0 Å². The zero-order valence-electron chi connectivity index (χ0n) is 10.0. The van der Waals surface area contributed by atoms with Gasteiger partial charge in [-0.1, -0.05) is 18.2 Å². The van der Waals surface area contributed by atoms with Crippen molar-refractivity contribution >= 4 is 34.7 Å². The van der Waals surface area contributed by atoms with Crippen molar-refractivity contribution in [2.45, 2.75) is 0 Å². The Hall–Kier alpha value is -2.61. The van der Waals surface area contributed by atoms with Gasteiger partial charge in [-0.05, 0) is 23.9 Å². The normalized spacial score (nSPS) is 15.9. The molecule has 0 saturated carbocycles. The van der Waals surface area contributed by atoms with Crippen LogP contribution in [0.25, 0.3) is 0 Å². The fourth-order valence-corrected chi connectivity index (χ4v) is 2.01. The van der Waals surface area contributed by atoms with E-state index in [9.17, 15) is 19.2 Å². The molecule has 1 aliphatic heterocycles. The number of carbonyl (C=O) groups is 4. The number of thioether (sulfide) groups is 1. The smallest absolute Gasteiger partial charge is 0.282 e. The van der Waals surface area contributed by atoms with Crippen molar-refractivity contribution in [1.29, 1.82) is 0 Å². The van der Waals surface area contributed by atoms with E-state index in [2.05, 4.69) is 10.9 Å². The summed E-state index contributed by atoms with van der Waals surface area (Å²) in [7, 11) is 0. The van der Waals surface area contributed by atoms with Gasteiger partial charge in [0.05, 0.1) is 4.91 Å². The summed E-state index contributed by atoms with van der Waals surface area (Å²) in [5.74, 6) is -1.83. The highest BCUT2D eigenvalue weighted by Gasteiger charge is 2.25. The molecule has 0 radical (unpaired) electrons. The minimum atomic E-state index is -0.707. The van der Waals surface area contributed by atoms with Gasteiger partial charge in [0.25, 0.3) is 23.0 Å². The minimum Gasteiger partial charge on any atom is -0.282 e. The molecule has 8 heteroatoms. The molecular weight excluding hydrogens is 282 g/mol. The number of hydrazine groups is 1. The molecular formula is C12H9N3O4S. The van der Waals surface area contributed by atoms with Crippen LogP contribution < -0.4 is 16.2 Å². The first kappa shape index (κ1) is 13.8. The zero-order valence-corrected chi connectivity index (χ0v) is 10.8. The Kier molecular flexibility index (Phi) is 4.16. The quantitative estimate of drug-likeness (QED) is 0.537. The summed E-state index contributed by atoms with van der Waals surface area (Å²) in [5, 5.41) is 1.47. The Morgan fingerprint density at radius 3 is 2.40 bits per heavy atom. The average Bonchev–Trinajstić information content (AvgIpc) is 2.75. The molecule has 1 aromatic carbocycles. The summed E-state index contributed by atoms with van der Waals surface area (Å²) in [4.78, 5) is 45.1. The molecule has 0 atom stereocenters. The molecule has 0 unspecified atom stereocenters. The van der Waals surface area contributed by atoms with E-state index >= 15 is 0 Å². The number of imide groups is 1. The Bertz CT molecular complexity index is 612. The van der Waals surface area contributed by atoms with Gasteiger partial charge < -0.3 is 0 Å². The van der Waals surface area contributed by atoms with Crippen molar-refractivity contribution < 1.29 is 19.2 Å². The third-order valence-electron chi connectivity index (χ3n) is 2.24. The van der Waals surface area contributed by atoms with E-state index in [4.69, 9.17) is 0 Å². The standard InChI is InChI=1S/C12H9N3O4S/c16-9(6-8-11(18)13-12(19)20-8)14-15-10(17)7-4-2-1-3-5-7/h1-6H,(H,14,16)(H,15,17)(H,13,18,19)/b8-6-. The van der Waals surface area contributed by atoms with Gasteiger partial charge in [0, 0.05) is 11.6 Å². The first-order valence-corrected chi connectivity index (χ1v) is 6.28. The Morgan fingerprint density at radius 1 is 1.10 bits per heavy atom. The third kappa shape index (κ3) is 3.45. The van der Waals surface area contributed by atoms with Crippen molar-refractivity contribution in [1.82, 2.24) is 16.2 Å². The lowest BCUT2D eigenvalue weighted by Gasteiger charge is -2.04. The average molecular weight is 291 g/mol. The number of hydrogen-bond donors (Lipinski definition) is 3. The second-order valence-electron chi connectivity index (χ2n) is 3.66. The van der Waals surface area contributed by atoms with Crippen LogP contribution in [0.15, 0.2) is 41.3 Å². The molecule has 0 aliphatic carbocycles. The maximum atomic E-state index is 11.6. The summed E-state index contributed by atoms with van der Waals surface area (Å²) in [6, 6.07) is 8.29. The van der Waals surface area contributed by atoms with Crippen LogP contribution in [-0.2, 0) is 9.59 Å². The first-order chi connectivity index (χ1) is 9.56.